The van der Waals surface area contributed by atoms with Crippen LogP contribution in [0.1, 0.15) is 31.9 Å². The molecule has 0 aliphatic heterocycles. The molecule has 1 aromatic heterocycles. The molecule has 0 atom stereocenters. The number of hydrogen-bond acceptors (Lipinski definition) is 2. The van der Waals surface area contributed by atoms with Gasteiger partial charge in [-0.05, 0) is 36.2 Å². The molecular formula is C19H24ClFN4. The Balaban J connectivity index is 2.02. The van der Waals surface area contributed by atoms with Crippen LogP contribution in [0.2, 0.25) is 5.15 Å². The molecule has 0 fully saturated rings. The summed E-state index contributed by atoms with van der Waals surface area (Å²) < 4.78 is 13.5. The largest absolute Gasteiger partial charge is 0.357 e. The molecule has 0 unspecified atom stereocenters. The smallest absolute Gasteiger partial charge is 0.191 e. The number of nitrogens with one attached hydrogen (secondary N) is 2. The molecule has 0 saturated heterocycles. The van der Waals surface area contributed by atoms with Gasteiger partial charge in [-0.15, -0.1) is 0 Å². The van der Waals surface area contributed by atoms with Crippen molar-refractivity contribution < 1.29 is 4.39 Å². The maximum atomic E-state index is 13.5. The van der Waals surface area contributed by atoms with Crippen LogP contribution in [0.3, 0.4) is 0 Å². The average Bonchev–Trinajstić information content (AvgIpc) is 2.59. The minimum atomic E-state index is -0.236. The minimum Gasteiger partial charge on any atom is -0.357 e. The highest BCUT2D eigenvalue weighted by atomic mass is 35.5. The number of guanidine groups is 1. The first kappa shape index (κ1) is 19.2. The zero-order valence-corrected chi connectivity index (χ0v) is 15.6. The predicted molar refractivity (Wildman–Crippen MR) is 101 cm³/mol. The third-order valence-corrected chi connectivity index (χ3v) is 4.08. The summed E-state index contributed by atoms with van der Waals surface area (Å²) in [5.74, 6) is 0.489. The normalized spacial score (nSPS) is 12.1. The molecule has 1 aromatic carbocycles. The second-order valence-electron chi connectivity index (χ2n) is 6.43. The lowest BCUT2D eigenvalue weighted by molar-refractivity contribution is 0.503. The number of nitrogens with zero attached hydrogens (tertiary/aromatic N) is 2. The molecular weight excluding hydrogens is 339 g/mol. The van der Waals surface area contributed by atoms with Crippen molar-refractivity contribution >= 4 is 17.6 Å². The minimum absolute atomic E-state index is 0.221. The van der Waals surface area contributed by atoms with E-state index in [9.17, 15) is 4.39 Å². The van der Waals surface area contributed by atoms with Gasteiger partial charge in [0.1, 0.15) is 11.0 Å². The molecule has 0 spiro atoms. The summed E-state index contributed by atoms with van der Waals surface area (Å²) in [6, 6.07) is 10.4. The first-order chi connectivity index (χ1) is 11.9. The van der Waals surface area contributed by atoms with E-state index >= 15 is 0 Å². The molecule has 2 rings (SSSR count). The van der Waals surface area contributed by atoms with Gasteiger partial charge >= 0.3 is 0 Å². The van der Waals surface area contributed by atoms with E-state index in [2.05, 4.69) is 34.5 Å². The van der Waals surface area contributed by atoms with E-state index in [1.54, 1.807) is 24.4 Å². The van der Waals surface area contributed by atoms with Crippen molar-refractivity contribution in [3.05, 3.63) is 64.7 Å². The van der Waals surface area contributed by atoms with Crippen molar-refractivity contribution in [2.24, 2.45) is 4.99 Å². The second kappa shape index (κ2) is 8.81. The summed E-state index contributed by atoms with van der Waals surface area (Å²) in [4.78, 5) is 8.62. The Morgan fingerprint density at radius 3 is 2.68 bits per heavy atom. The third kappa shape index (κ3) is 6.02. The second-order valence-corrected chi connectivity index (χ2v) is 6.82. The summed E-state index contributed by atoms with van der Waals surface area (Å²) >= 11 is 5.80. The molecule has 6 heteroatoms. The van der Waals surface area contributed by atoms with Crippen molar-refractivity contribution in [2.45, 2.75) is 32.7 Å². The Morgan fingerprint density at radius 1 is 1.24 bits per heavy atom. The lowest BCUT2D eigenvalue weighted by Crippen LogP contribution is -2.43. The van der Waals surface area contributed by atoms with E-state index in [0.29, 0.717) is 24.2 Å². The molecule has 1 heterocycles. The van der Waals surface area contributed by atoms with Gasteiger partial charge in [-0.3, -0.25) is 0 Å². The fourth-order valence-corrected chi connectivity index (χ4v) is 2.44. The van der Waals surface area contributed by atoms with Crippen LogP contribution in [0.25, 0.3) is 0 Å². The third-order valence-electron chi connectivity index (χ3n) is 3.86. The van der Waals surface area contributed by atoms with Crippen LogP contribution in [0.4, 0.5) is 4.39 Å². The first-order valence-corrected chi connectivity index (χ1v) is 8.67. The predicted octanol–water partition coefficient (Wildman–Crippen LogP) is 3.91. The summed E-state index contributed by atoms with van der Waals surface area (Å²) in [6.45, 7) is 8.04. The fourth-order valence-electron chi connectivity index (χ4n) is 2.33. The maximum Gasteiger partial charge on any atom is 0.191 e. The zero-order chi connectivity index (χ0) is 18.3. The standard InChI is InChI=1S/C19H24ClFN4/c1-4-22-18(24-12-14-8-9-17(20)23-11-14)25-13-19(2,3)15-6-5-7-16(21)10-15/h5-11H,4,12-13H2,1-3H3,(H2,22,24,25). The molecule has 2 aromatic rings. The van der Waals surface area contributed by atoms with E-state index in [0.717, 1.165) is 17.7 Å². The summed E-state index contributed by atoms with van der Waals surface area (Å²) in [5.41, 5.74) is 1.68. The van der Waals surface area contributed by atoms with Crippen molar-refractivity contribution in [1.29, 1.82) is 0 Å². The molecule has 25 heavy (non-hydrogen) atoms. The number of pyridine rings is 1. The highest BCUT2D eigenvalue weighted by Gasteiger charge is 2.21. The number of rotatable bonds is 6. The van der Waals surface area contributed by atoms with E-state index < -0.39 is 0 Å². The van der Waals surface area contributed by atoms with Crippen LogP contribution in [0.5, 0.6) is 0 Å². The Hall–Kier alpha value is -2.14. The first-order valence-electron chi connectivity index (χ1n) is 8.29. The molecule has 0 saturated carbocycles. The molecule has 0 radical (unpaired) electrons. The van der Waals surface area contributed by atoms with Crippen LogP contribution in [-0.4, -0.2) is 24.0 Å². The average molecular weight is 363 g/mol. The van der Waals surface area contributed by atoms with E-state index in [4.69, 9.17) is 11.6 Å². The van der Waals surface area contributed by atoms with Gasteiger partial charge in [-0.1, -0.05) is 43.6 Å². The fraction of sp³-hybridized carbons (Fsp3) is 0.368. The Labute approximate surface area is 153 Å². The van der Waals surface area contributed by atoms with Gasteiger partial charge in [0, 0.05) is 24.7 Å². The van der Waals surface area contributed by atoms with E-state index in [1.165, 1.54) is 6.07 Å². The molecule has 0 amide bonds. The van der Waals surface area contributed by atoms with Crippen LogP contribution in [0, 0.1) is 5.82 Å². The lowest BCUT2D eigenvalue weighted by atomic mass is 9.84. The molecule has 4 nitrogen and oxygen atoms in total. The molecule has 0 aliphatic carbocycles. The lowest BCUT2D eigenvalue weighted by Gasteiger charge is -2.27. The number of aliphatic imine (C=N–C) groups is 1. The van der Waals surface area contributed by atoms with Gasteiger partial charge in [-0.2, -0.15) is 0 Å². The monoisotopic (exact) mass is 362 g/mol. The topological polar surface area (TPSA) is 49.3 Å². The summed E-state index contributed by atoms with van der Waals surface area (Å²) in [5, 5.41) is 7.02. The Kier molecular flexibility index (Phi) is 6.76. The molecule has 0 aliphatic rings. The van der Waals surface area contributed by atoms with Crippen molar-refractivity contribution in [2.75, 3.05) is 13.1 Å². The SMILES string of the molecule is CCNC(=NCc1ccc(Cl)nc1)NCC(C)(C)c1cccc(F)c1. The van der Waals surface area contributed by atoms with Crippen LogP contribution in [0.15, 0.2) is 47.6 Å². The van der Waals surface area contributed by atoms with Gasteiger partial charge in [0.05, 0.1) is 6.54 Å². The Bertz CT molecular complexity index is 714. The van der Waals surface area contributed by atoms with Crippen molar-refractivity contribution in [3.63, 3.8) is 0 Å². The van der Waals surface area contributed by atoms with Gasteiger partial charge in [-0.25, -0.2) is 14.4 Å². The molecule has 0 bridgehead atoms. The number of halogens is 2. The summed E-state index contributed by atoms with van der Waals surface area (Å²) in [6.07, 6.45) is 1.71. The quantitative estimate of drug-likeness (QED) is 0.465. The number of hydrogen-bond donors (Lipinski definition) is 2. The van der Waals surface area contributed by atoms with Gasteiger partial charge in [0.2, 0.25) is 0 Å². The number of aromatic nitrogens is 1. The van der Waals surface area contributed by atoms with Crippen LogP contribution in [-0.2, 0) is 12.0 Å². The number of benzene rings is 1. The van der Waals surface area contributed by atoms with Crippen molar-refractivity contribution in [3.8, 4) is 0 Å². The summed E-state index contributed by atoms with van der Waals surface area (Å²) in [7, 11) is 0. The van der Waals surface area contributed by atoms with Gasteiger partial charge in [0.25, 0.3) is 0 Å². The van der Waals surface area contributed by atoms with Crippen LogP contribution < -0.4 is 10.6 Å². The van der Waals surface area contributed by atoms with Crippen molar-refractivity contribution in [1.82, 2.24) is 15.6 Å². The zero-order valence-electron chi connectivity index (χ0n) is 14.8. The highest BCUT2D eigenvalue weighted by molar-refractivity contribution is 6.29. The molecule has 2 N–H and O–H groups in total. The molecule has 134 valence electrons. The highest BCUT2D eigenvalue weighted by Crippen LogP contribution is 2.22. The van der Waals surface area contributed by atoms with E-state index in [-0.39, 0.29) is 11.2 Å². The van der Waals surface area contributed by atoms with Gasteiger partial charge in [0.15, 0.2) is 5.96 Å². The Morgan fingerprint density at radius 2 is 2.04 bits per heavy atom. The van der Waals surface area contributed by atoms with E-state index in [1.807, 2.05) is 19.1 Å². The van der Waals surface area contributed by atoms with Gasteiger partial charge < -0.3 is 10.6 Å². The maximum absolute atomic E-state index is 13.5. The van der Waals surface area contributed by atoms with Crippen LogP contribution >= 0.6 is 11.6 Å².